The van der Waals surface area contributed by atoms with E-state index in [9.17, 15) is 9.59 Å². The van der Waals surface area contributed by atoms with Crippen molar-refractivity contribution in [2.75, 3.05) is 0 Å². The monoisotopic (exact) mass is 249 g/mol. The van der Waals surface area contributed by atoms with Crippen LogP contribution < -0.4 is 5.32 Å². The van der Waals surface area contributed by atoms with Gasteiger partial charge in [0, 0.05) is 0 Å². The quantitative estimate of drug-likeness (QED) is 0.782. The lowest BCUT2D eigenvalue weighted by Gasteiger charge is -2.14. The Hall–Kier alpha value is -2.30. The maximum absolute atomic E-state index is 11.4. The van der Waals surface area contributed by atoms with Crippen molar-refractivity contribution in [1.82, 2.24) is 5.32 Å². The van der Waals surface area contributed by atoms with Crippen LogP contribution in [0, 0.1) is 0 Å². The van der Waals surface area contributed by atoms with Gasteiger partial charge in [0.05, 0.1) is 0 Å². The molecule has 18 heavy (non-hydrogen) atoms. The van der Waals surface area contributed by atoms with Gasteiger partial charge in [-0.25, -0.2) is 9.59 Å². The molecule has 5 heteroatoms. The van der Waals surface area contributed by atoms with Gasteiger partial charge >= 0.3 is 12.1 Å². The van der Waals surface area contributed by atoms with Crippen LogP contribution in [0.3, 0.4) is 0 Å². The Labute approximate surface area is 105 Å². The van der Waals surface area contributed by atoms with Crippen LogP contribution in [-0.4, -0.2) is 23.2 Å². The lowest BCUT2D eigenvalue weighted by atomic mass is 10.1. The van der Waals surface area contributed by atoms with Crippen LogP contribution in [0.15, 0.2) is 42.5 Å². The van der Waals surface area contributed by atoms with E-state index in [4.69, 9.17) is 9.84 Å². The molecule has 0 radical (unpaired) electrons. The fourth-order valence-corrected chi connectivity index (χ4v) is 1.28. The van der Waals surface area contributed by atoms with Crippen LogP contribution in [0.1, 0.15) is 12.5 Å². The predicted molar refractivity (Wildman–Crippen MR) is 66.0 cm³/mol. The number of carbonyl (C=O) groups is 2. The smallest absolute Gasteiger partial charge is 0.408 e. The minimum atomic E-state index is -1.17. The molecule has 0 saturated carbocycles. The highest BCUT2D eigenvalue weighted by Gasteiger charge is 2.20. The number of nitrogens with one attached hydrogen (secondary N) is 1. The van der Waals surface area contributed by atoms with Gasteiger partial charge in [-0.1, -0.05) is 36.9 Å². The van der Waals surface area contributed by atoms with Crippen LogP contribution in [0.25, 0.3) is 0 Å². The lowest BCUT2D eigenvalue weighted by Crippen LogP contribution is -2.41. The second-order valence-electron chi connectivity index (χ2n) is 3.82. The number of amides is 1. The van der Waals surface area contributed by atoms with Crippen LogP contribution in [0.5, 0.6) is 0 Å². The molecule has 1 rings (SSSR count). The van der Waals surface area contributed by atoms with Gasteiger partial charge in [-0.05, 0) is 18.1 Å². The molecule has 5 nitrogen and oxygen atoms in total. The lowest BCUT2D eigenvalue weighted by molar-refractivity contribution is -0.138. The van der Waals surface area contributed by atoms with E-state index in [0.29, 0.717) is 5.57 Å². The molecule has 0 saturated heterocycles. The molecule has 2 N–H and O–H groups in total. The average molecular weight is 249 g/mol. The molecule has 0 aromatic heterocycles. The van der Waals surface area contributed by atoms with Crippen LogP contribution >= 0.6 is 0 Å². The first-order valence-electron chi connectivity index (χ1n) is 5.36. The van der Waals surface area contributed by atoms with E-state index in [-0.39, 0.29) is 6.61 Å². The van der Waals surface area contributed by atoms with Crippen molar-refractivity contribution in [2.24, 2.45) is 0 Å². The van der Waals surface area contributed by atoms with Gasteiger partial charge in [0.1, 0.15) is 6.61 Å². The fourth-order valence-electron chi connectivity index (χ4n) is 1.28. The normalized spacial score (nSPS) is 11.4. The molecule has 1 amide bonds. The Balaban J connectivity index is 2.46. The Bertz CT molecular complexity index is 428. The Morgan fingerprint density at radius 3 is 2.50 bits per heavy atom. The predicted octanol–water partition coefficient (Wildman–Crippen LogP) is 1.94. The first kappa shape index (κ1) is 13.8. The third kappa shape index (κ3) is 4.29. The van der Waals surface area contributed by atoms with Crippen molar-refractivity contribution in [3.05, 3.63) is 48.0 Å². The number of hydrogen-bond donors (Lipinski definition) is 2. The molecule has 0 bridgehead atoms. The number of carboxylic acids is 1. The Morgan fingerprint density at radius 2 is 2.00 bits per heavy atom. The molecule has 1 aromatic rings. The second-order valence-corrected chi connectivity index (χ2v) is 3.82. The zero-order valence-corrected chi connectivity index (χ0v) is 10.1. The molecular formula is C13H15NO4. The van der Waals surface area contributed by atoms with Crippen molar-refractivity contribution >= 4 is 12.1 Å². The number of rotatable bonds is 5. The van der Waals surface area contributed by atoms with E-state index < -0.39 is 18.1 Å². The van der Waals surface area contributed by atoms with Gasteiger partial charge in [0.2, 0.25) is 0 Å². The highest BCUT2D eigenvalue weighted by atomic mass is 16.5. The molecule has 1 atom stereocenters. The molecule has 0 unspecified atom stereocenters. The highest BCUT2D eigenvalue weighted by Crippen LogP contribution is 2.02. The summed E-state index contributed by atoms with van der Waals surface area (Å²) < 4.78 is 4.90. The largest absolute Gasteiger partial charge is 0.479 e. The summed E-state index contributed by atoms with van der Waals surface area (Å²) in [6.45, 7) is 5.11. The fraction of sp³-hybridized carbons (Fsp3) is 0.231. The minimum absolute atomic E-state index is 0.0925. The second kappa shape index (κ2) is 6.44. The number of alkyl carbamates (subject to hydrolysis) is 1. The van der Waals surface area contributed by atoms with Crippen LogP contribution in [-0.2, 0) is 16.1 Å². The maximum atomic E-state index is 11.4. The number of hydrogen-bond acceptors (Lipinski definition) is 3. The van der Waals surface area contributed by atoms with Gasteiger partial charge in [0.15, 0.2) is 6.04 Å². The van der Waals surface area contributed by atoms with E-state index in [1.807, 2.05) is 18.2 Å². The zero-order valence-electron chi connectivity index (χ0n) is 10.1. The summed E-state index contributed by atoms with van der Waals surface area (Å²) in [4.78, 5) is 22.2. The maximum Gasteiger partial charge on any atom is 0.408 e. The number of aliphatic carboxylic acids is 1. The Morgan fingerprint density at radius 1 is 1.39 bits per heavy atom. The summed E-state index contributed by atoms with van der Waals surface area (Å²) in [6, 6.07) is 7.98. The molecule has 96 valence electrons. The summed E-state index contributed by atoms with van der Waals surface area (Å²) >= 11 is 0. The van der Waals surface area contributed by atoms with Crippen molar-refractivity contribution in [3.8, 4) is 0 Å². The van der Waals surface area contributed by atoms with Gasteiger partial charge in [-0.2, -0.15) is 0 Å². The summed E-state index contributed by atoms with van der Waals surface area (Å²) in [5, 5.41) is 11.1. The SMILES string of the molecule is C=C(C)[C@H](NC(=O)OCc1ccccc1)C(=O)O. The summed E-state index contributed by atoms with van der Waals surface area (Å²) in [5.41, 5.74) is 1.16. The van der Waals surface area contributed by atoms with E-state index in [0.717, 1.165) is 5.56 Å². The zero-order chi connectivity index (χ0) is 13.5. The summed E-state index contributed by atoms with van der Waals surface area (Å²) in [7, 11) is 0. The van der Waals surface area contributed by atoms with E-state index >= 15 is 0 Å². The van der Waals surface area contributed by atoms with E-state index in [1.165, 1.54) is 6.92 Å². The third-order valence-electron chi connectivity index (χ3n) is 2.21. The first-order chi connectivity index (χ1) is 8.50. The average Bonchev–Trinajstić information content (AvgIpc) is 2.34. The van der Waals surface area contributed by atoms with Gasteiger partial charge in [-0.3, -0.25) is 0 Å². The number of carboxylic acid groups (broad SMARTS) is 1. The summed E-state index contributed by atoms with van der Waals surface area (Å²) in [6.07, 6.45) is -0.783. The van der Waals surface area contributed by atoms with E-state index in [2.05, 4.69) is 11.9 Å². The molecule has 1 aromatic carbocycles. The van der Waals surface area contributed by atoms with Gasteiger partial charge in [0.25, 0.3) is 0 Å². The molecule has 0 aliphatic carbocycles. The number of ether oxygens (including phenoxy) is 1. The number of benzene rings is 1. The van der Waals surface area contributed by atoms with Crippen molar-refractivity contribution in [2.45, 2.75) is 19.6 Å². The Kier molecular flexibility index (Phi) is 4.92. The molecule has 0 aliphatic rings. The van der Waals surface area contributed by atoms with Gasteiger partial charge < -0.3 is 15.2 Å². The van der Waals surface area contributed by atoms with Crippen molar-refractivity contribution in [1.29, 1.82) is 0 Å². The van der Waals surface area contributed by atoms with E-state index in [1.54, 1.807) is 12.1 Å². The molecule has 0 aliphatic heterocycles. The van der Waals surface area contributed by atoms with Crippen molar-refractivity contribution < 1.29 is 19.4 Å². The third-order valence-corrected chi connectivity index (χ3v) is 2.21. The highest BCUT2D eigenvalue weighted by molar-refractivity contribution is 5.82. The molecule has 0 heterocycles. The molecule has 0 fully saturated rings. The topological polar surface area (TPSA) is 75.6 Å². The first-order valence-corrected chi connectivity index (χ1v) is 5.36. The summed E-state index contributed by atoms with van der Waals surface area (Å²) in [5.74, 6) is -1.17. The standard InChI is InChI=1S/C13H15NO4/c1-9(2)11(12(15)16)14-13(17)18-8-10-6-4-3-5-7-10/h3-7,11H,1,8H2,2H3,(H,14,17)(H,15,16)/t11-/m0/s1. The van der Waals surface area contributed by atoms with Crippen molar-refractivity contribution in [3.63, 3.8) is 0 Å². The minimum Gasteiger partial charge on any atom is -0.479 e. The van der Waals surface area contributed by atoms with Crippen LogP contribution in [0.4, 0.5) is 4.79 Å². The van der Waals surface area contributed by atoms with Crippen LogP contribution in [0.2, 0.25) is 0 Å². The number of carbonyl (C=O) groups excluding carboxylic acids is 1. The molecular weight excluding hydrogens is 234 g/mol. The van der Waals surface area contributed by atoms with Gasteiger partial charge in [-0.15, -0.1) is 0 Å². The molecule has 0 spiro atoms.